The van der Waals surface area contributed by atoms with Gasteiger partial charge in [-0.15, -0.1) is 0 Å². The Bertz CT molecular complexity index is 1310. The van der Waals surface area contributed by atoms with Crippen molar-refractivity contribution < 1.29 is 34.8 Å². The molecule has 0 unspecified atom stereocenters. The number of aryl methyl sites for hydroxylation is 1. The van der Waals surface area contributed by atoms with E-state index >= 15 is 0 Å². The number of nitrogens with zero attached hydrogens (tertiary/aromatic N) is 1. The summed E-state index contributed by atoms with van der Waals surface area (Å²) in [7, 11) is -4.18. The first-order valence-electron chi connectivity index (χ1n) is 8.51. The van der Waals surface area contributed by atoms with Gasteiger partial charge in [-0.1, -0.05) is 24.3 Å². The number of halogens is 6. The van der Waals surface area contributed by atoms with Crippen molar-refractivity contribution >= 4 is 9.84 Å². The molecule has 11 heteroatoms. The van der Waals surface area contributed by atoms with E-state index in [1.807, 2.05) is 0 Å². The molecule has 1 heterocycles. The summed E-state index contributed by atoms with van der Waals surface area (Å²) in [6, 6.07) is 7.77. The monoisotopic (exact) mass is 461 g/mol. The van der Waals surface area contributed by atoms with E-state index in [-0.39, 0.29) is 22.3 Å². The number of alkyl halides is 6. The van der Waals surface area contributed by atoms with Crippen LogP contribution in [0.1, 0.15) is 5.56 Å². The molecule has 0 N–H and O–H groups in total. The Kier molecular flexibility index (Phi) is 5.51. The van der Waals surface area contributed by atoms with Crippen LogP contribution >= 0.6 is 0 Å². The van der Waals surface area contributed by atoms with Gasteiger partial charge in [-0.2, -0.15) is 26.3 Å². The summed E-state index contributed by atoms with van der Waals surface area (Å²) < 4.78 is 102. The highest BCUT2D eigenvalue weighted by molar-refractivity contribution is 7.92. The van der Waals surface area contributed by atoms with Crippen LogP contribution in [-0.2, 0) is 23.1 Å². The first kappa shape index (κ1) is 22.6. The van der Waals surface area contributed by atoms with Crippen LogP contribution in [0.25, 0.3) is 22.3 Å². The Morgan fingerprint density at radius 3 is 1.84 bits per heavy atom. The summed E-state index contributed by atoms with van der Waals surface area (Å²) in [5.74, 6) is 0. The number of rotatable bonds is 3. The Hall–Kier alpha value is -3.08. The maximum atomic E-state index is 13.0. The van der Waals surface area contributed by atoms with Crippen molar-refractivity contribution in [1.29, 1.82) is 0 Å². The minimum absolute atomic E-state index is 0.0451. The lowest BCUT2D eigenvalue weighted by atomic mass is 9.99. The normalized spacial score (nSPS) is 12.7. The van der Waals surface area contributed by atoms with E-state index in [0.29, 0.717) is 6.07 Å². The van der Waals surface area contributed by atoms with E-state index in [1.54, 1.807) is 0 Å². The molecule has 3 rings (SSSR count). The molecule has 1 aromatic heterocycles. The standard InChI is InChI=1S/C20H13F6NO3S/c1-27-10-16(12-4-2-6-14(8-12)19(21,22)23)18(28)17(11-27)13-5-3-7-15(9-13)31(29,30)20(24,25)26/h2-11H,1H3. The summed E-state index contributed by atoms with van der Waals surface area (Å²) in [6.45, 7) is 0. The molecule has 0 saturated heterocycles. The Morgan fingerprint density at radius 1 is 0.806 bits per heavy atom. The van der Waals surface area contributed by atoms with Gasteiger partial charge in [-0.3, -0.25) is 4.79 Å². The van der Waals surface area contributed by atoms with Gasteiger partial charge >= 0.3 is 11.7 Å². The molecule has 0 amide bonds. The summed E-state index contributed by atoms with van der Waals surface area (Å²) >= 11 is 0. The Balaban J connectivity index is 2.20. The molecule has 2 aromatic carbocycles. The molecule has 0 aliphatic rings. The van der Waals surface area contributed by atoms with Crippen LogP contribution in [0.15, 0.2) is 70.6 Å². The van der Waals surface area contributed by atoms with E-state index in [0.717, 1.165) is 30.3 Å². The number of benzene rings is 2. The minimum Gasteiger partial charge on any atom is -0.356 e. The van der Waals surface area contributed by atoms with Gasteiger partial charge in [0.1, 0.15) is 0 Å². The van der Waals surface area contributed by atoms with E-state index < -0.39 is 37.4 Å². The fourth-order valence-electron chi connectivity index (χ4n) is 2.95. The molecule has 0 atom stereocenters. The molecule has 164 valence electrons. The largest absolute Gasteiger partial charge is 0.501 e. The molecule has 0 radical (unpaired) electrons. The van der Waals surface area contributed by atoms with Gasteiger partial charge in [0.2, 0.25) is 0 Å². The van der Waals surface area contributed by atoms with Crippen molar-refractivity contribution in [2.45, 2.75) is 16.6 Å². The third kappa shape index (κ3) is 4.36. The van der Waals surface area contributed by atoms with Crippen molar-refractivity contribution in [3.63, 3.8) is 0 Å². The molecule has 31 heavy (non-hydrogen) atoms. The van der Waals surface area contributed by atoms with Gasteiger partial charge in [-0.25, -0.2) is 8.42 Å². The van der Waals surface area contributed by atoms with E-state index in [4.69, 9.17) is 0 Å². The first-order valence-corrected chi connectivity index (χ1v) is 10.00. The van der Waals surface area contributed by atoms with E-state index in [1.165, 1.54) is 36.1 Å². The van der Waals surface area contributed by atoms with Crippen molar-refractivity contribution in [3.8, 4) is 22.3 Å². The van der Waals surface area contributed by atoms with E-state index in [9.17, 15) is 39.6 Å². The molecular weight excluding hydrogens is 448 g/mol. The first-order chi connectivity index (χ1) is 14.2. The predicted molar refractivity (Wildman–Crippen MR) is 101 cm³/mol. The molecule has 0 saturated carbocycles. The second-order valence-electron chi connectivity index (χ2n) is 6.64. The smallest absolute Gasteiger partial charge is 0.356 e. The second kappa shape index (κ2) is 7.56. The lowest BCUT2D eigenvalue weighted by Gasteiger charge is -2.13. The lowest BCUT2D eigenvalue weighted by molar-refractivity contribution is -0.137. The lowest BCUT2D eigenvalue weighted by Crippen LogP contribution is -2.23. The van der Waals surface area contributed by atoms with Gasteiger partial charge in [0.25, 0.3) is 9.84 Å². The number of sulfone groups is 1. The van der Waals surface area contributed by atoms with E-state index in [2.05, 4.69) is 0 Å². The molecular formula is C20H13F6NO3S. The quantitative estimate of drug-likeness (QED) is 0.514. The average molecular weight is 461 g/mol. The third-order valence-corrected chi connectivity index (χ3v) is 5.90. The molecule has 0 aliphatic heterocycles. The van der Waals surface area contributed by atoms with Crippen molar-refractivity contribution in [2.24, 2.45) is 7.05 Å². The molecule has 0 bridgehead atoms. The number of pyridine rings is 1. The SMILES string of the molecule is Cn1cc(-c2cccc(C(F)(F)F)c2)c(=O)c(-c2cccc(S(=O)(=O)C(F)(F)F)c2)c1. The van der Waals surface area contributed by atoms with Crippen molar-refractivity contribution in [1.82, 2.24) is 4.57 Å². The highest BCUT2D eigenvalue weighted by Gasteiger charge is 2.46. The molecule has 3 aromatic rings. The van der Waals surface area contributed by atoms with Gasteiger partial charge in [0.15, 0.2) is 5.43 Å². The van der Waals surface area contributed by atoms with Gasteiger partial charge in [0, 0.05) is 30.6 Å². The van der Waals surface area contributed by atoms with Crippen LogP contribution < -0.4 is 5.43 Å². The zero-order valence-electron chi connectivity index (χ0n) is 15.6. The van der Waals surface area contributed by atoms with Crippen LogP contribution in [0.4, 0.5) is 26.3 Å². The molecule has 4 nitrogen and oxygen atoms in total. The number of hydrogen-bond donors (Lipinski definition) is 0. The number of hydrogen-bond acceptors (Lipinski definition) is 3. The maximum Gasteiger partial charge on any atom is 0.501 e. The number of aromatic nitrogens is 1. The van der Waals surface area contributed by atoms with Gasteiger partial charge in [-0.05, 0) is 35.4 Å². The second-order valence-corrected chi connectivity index (χ2v) is 8.58. The fourth-order valence-corrected chi connectivity index (χ4v) is 3.75. The fraction of sp³-hybridized carbons (Fsp3) is 0.150. The molecule has 0 fully saturated rings. The summed E-state index contributed by atoms with van der Waals surface area (Å²) in [4.78, 5) is 11.9. The topological polar surface area (TPSA) is 56.1 Å². The maximum absolute atomic E-state index is 13.0. The predicted octanol–water partition coefficient (Wildman–Crippen LogP) is 5.03. The van der Waals surface area contributed by atoms with Crippen LogP contribution in [0.3, 0.4) is 0 Å². The third-order valence-electron chi connectivity index (χ3n) is 4.42. The van der Waals surface area contributed by atoms with Crippen LogP contribution in [0.2, 0.25) is 0 Å². The summed E-state index contributed by atoms with van der Waals surface area (Å²) in [5.41, 5.74) is -7.74. The van der Waals surface area contributed by atoms with Gasteiger partial charge in [0.05, 0.1) is 10.5 Å². The highest BCUT2D eigenvalue weighted by Crippen LogP contribution is 2.33. The summed E-state index contributed by atoms with van der Waals surface area (Å²) in [6.07, 6.45) is -2.12. The van der Waals surface area contributed by atoms with Crippen LogP contribution in [0, 0.1) is 0 Å². The van der Waals surface area contributed by atoms with Crippen LogP contribution in [-0.4, -0.2) is 18.5 Å². The average Bonchev–Trinajstić information content (AvgIpc) is 2.68. The Labute approximate surface area is 172 Å². The van der Waals surface area contributed by atoms with Crippen LogP contribution in [0.5, 0.6) is 0 Å². The molecule has 0 spiro atoms. The van der Waals surface area contributed by atoms with Crippen molar-refractivity contribution in [3.05, 3.63) is 76.7 Å². The minimum atomic E-state index is -5.65. The Morgan fingerprint density at radius 2 is 1.32 bits per heavy atom. The molecule has 0 aliphatic carbocycles. The van der Waals surface area contributed by atoms with Gasteiger partial charge < -0.3 is 4.57 Å². The summed E-state index contributed by atoms with van der Waals surface area (Å²) in [5, 5.41) is 0. The zero-order chi connectivity index (χ0) is 23.2. The van der Waals surface area contributed by atoms with Crippen molar-refractivity contribution in [2.75, 3.05) is 0 Å². The highest BCUT2D eigenvalue weighted by atomic mass is 32.2. The zero-order valence-corrected chi connectivity index (χ0v) is 16.4.